The van der Waals surface area contributed by atoms with Gasteiger partial charge in [0, 0.05) is 26.2 Å². The molecule has 1 saturated heterocycles. The molecule has 0 radical (unpaired) electrons. The van der Waals surface area contributed by atoms with Crippen LogP contribution in [0, 0.1) is 0 Å². The van der Waals surface area contributed by atoms with Gasteiger partial charge in [0.2, 0.25) is 0 Å². The maximum atomic E-state index is 11.6. The summed E-state index contributed by atoms with van der Waals surface area (Å²) in [6, 6.07) is 9.29. The number of amides is 3. The monoisotopic (exact) mass is 335 g/mol. The summed E-state index contributed by atoms with van der Waals surface area (Å²) in [7, 11) is 0. The molecule has 1 aromatic carbocycles. The van der Waals surface area contributed by atoms with Gasteiger partial charge in [-0.3, -0.25) is 0 Å². The predicted octanol–water partition coefficient (Wildman–Crippen LogP) is 1.85. The fourth-order valence-corrected chi connectivity index (χ4v) is 2.18. The zero-order valence-electron chi connectivity index (χ0n) is 13.3. The van der Waals surface area contributed by atoms with E-state index < -0.39 is 18.3 Å². The van der Waals surface area contributed by atoms with Crippen molar-refractivity contribution in [1.82, 2.24) is 15.5 Å². The van der Waals surface area contributed by atoms with Crippen molar-refractivity contribution in [2.45, 2.75) is 19.4 Å². The topological polar surface area (TPSA) is 97.0 Å². The molecule has 0 aliphatic carbocycles. The molecule has 1 aliphatic rings. The quantitative estimate of drug-likeness (QED) is 0.632. The molecule has 0 aromatic heterocycles. The number of carbonyl (C=O) groups excluding carboxylic acids is 3. The molecule has 1 aromatic rings. The Morgan fingerprint density at radius 2 is 1.58 bits per heavy atom. The molecule has 0 atom stereocenters. The van der Waals surface area contributed by atoms with E-state index in [4.69, 9.17) is 4.74 Å². The van der Waals surface area contributed by atoms with E-state index in [0.717, 1.165) is 18.4 Å². The van der Waals surface area contributed by atoms with Crippen LogP contribution < -0.4 is 10.6 Å². The summed E-state index contributed by atoms with van der Waals surface area (Å²) in [6.07, 6.45) is -0.203. The van der Waals surface area contributed by atoms with Crippen molar-refractivity contribution in [2.75, 3.05) is 26.2 Å². The van der Waals surface area contributed by atoms with E-state index in [1.165, 1.54) is 4.90 Å². The average molecular weight is 335 g/mol. The van der Waals surface area contributed by atoms with Gasteiger partial charge in [0.1, 0.15) is 6.61 Å². The Labute approximate surface area is 140 Å². The minimum Gasteiger partial charge on any atom is -0.445 e. The van der Waals surface area contributed by atoms with Gasteiger partial charge in [-0.05, 0) is 18.4 Å². The molecular formula is C16H21N3O5. The van der Waals surface area contributed by atoms with Crippen LogP contribution in [0.25, 0.3) is 0 Å². The van der Waals surface area contributed by atoms with Gasteiger partial charge in [-0.25, -0.2) is 14.4 Å². The molecule has 2 rings (SSSR count). The molecule has 0 bridgehead atoms. The van der Waals surface area contributed by atoms with Gasteiger partial charge in [0.15, 0.2) is 0 Å². The minimum atomic E-state index is -0.827. The largest absolute Gasteiger partial charge is 0.445 e. The maximum absolute atomic E-state index is 11.6. The Morgan fingerprint density at radius 3 is 2.25 bits per heavy atom. The first-order chi connectivity index (χ1) is 11.6. The van der Waals surface area contributed by atoms with E-state index in [0.29, 0.717) is 13.1 Å². The number of hydrogen-bond acceptors (Lipinski definition) is 5. The van der Waals surface area contributed by atoms with E-state index in [-0.39, 0.29) is 19.7 Å². The average Bonchev–Trinajstić information content (AvgIpc) is 3.12. The molecule has 2 N–H and O–H groups in total. The van der Waals surface area contributed by atoms with Crippen LogP contribution in [-0.4, -0.2) is 49.4 Å². The first kappa shape index (κ1) is 17.6. The summed E-state index contributed by atoms with van der Waals surface area (Å²) in [5.41, 5.74) is 0.884. The third-order valence-electron chi connectivity index (χ3n) is 3.42. The molecule has 1 heterocycles. The number of nitrogens with zero attached hydrogens (tertiary/aromatic N) is 1. The molecule has 8 nitrogen and oxygen atoms in total. The van der Waals surface area contributed by atoms with Gasteiger partial charge in [-0.2, -0.15) is 0 Å². The lowest BCUT2D eigenvalue weighted by molar-refractivity contribution is 0.123. The molecule has 0 saturated carbocycles. The Kier molecular flexibility index (Phi) is 6.88. The van der Waals surface area contributed by atoms with Crippen molar-refractivity contribution in [1.29, 1.82) is 0 Å². The molecule has 1 aliphatic heterocycles. The first-order valence-corrected chi connectivity index (χ1v) is 7.84. The van der Waals surface area contributed by atoms with Crippen LogP contribution in [0.15, 0.2) is 30.3 Å². The van der Waals surface area contributed by atoms with E-state index in [1.54, 1.807) is 0 Å². The van der Waals surface area contributed by atoms with Gasteiger partial charge in [0.05, 0.1) is 0 Å². The molecule has 3 amide bonds. The first-order valence-electron chi connectivity index (χ1n) is 7.84. The summed E-state index contributed by atoms with van der Waals surface area (Å²) in [6.45, 7) is 1.70. The molecule has 130 valence electrons. The van der Waals surface area contributed by atoms with Gasteiger partial charge >= 0.3 is 18.3 Å². The number of carbonyl (C=O) groups is 3. The second kappa shape index (κ2) is 9.39. The number of rotatable bonds is 5. The lowest BCUT2D eigenvalue weighted by Gasteiger charge is -2.14. The van der Waals surface area contributed by atoms with Crippen LogP contribution in [-0.2, 0) is 16.1 Å². The number of hydrogen-bond donors (Lipinski definition) is 2. The summed E-state index contributed by atoms with van der Waals surface area (Å²) in [4.78, 5) is 36.0. The third-order valence-corrected chi connectivity index (χ3v) is 3.42. The highest BCUT2D eigenvalue weighted by Gasteiger charge is 2.21. The Bertz CT molecular complexity index is 558. The van der Waals surface area contributed by atoms with Crippen LogP contribution in [0.4, 0.5) is 14.4 Å². The van der Waals surface area contributed by atoms with Gasteiger partial charge < -0.3 is 25.0 Å². The Balaban J connectivity index is 1.52. The molecule has 0 unspecified atom stereocenters. The highest BCUT2D eigenvalue weighted by atomic mass is 16.6. The normalized spacial score (nSPS) is 13.2. The summed E-state index contributed by atoms with van der Waals surface area (Å²) in [5.74, 6) is 0. The van der Waals surface area contributed by atoms with E-state index >= 15 is 0 Å². The molecule has 1 fully saturated rings. The lowest BCUT2D eigenvalue weighted by Crippen LogP contribution is -2.38. The molecular weight excluding hydrogens is 314 g/mol. The second-order valence-corrected chi connectivity index (χ2v) is 5.26. The van der Waals surface area contributed by atoms with E-state index in [1.807, 2.05) is 30.3 Å². The predicted molar refractivity (Wildman–Crippen MR) is 85.3 cm³/mol. The third kappa shape index (κ3) is 6.15. The molecule has 0 spiro atoms. The van der Waals surface area contributed by atoms with Gasteiger partial charge in [-0.15, -0.1) is 0 Å². The number of benzene rings is 1. The number of ether oxygens (including phenoxy) is 2. The van der Waals surface area contributed by atoms with Crippen LogP contribution in [0.5, 0.6) is 0 Å². The van der Waals surface area contributed by atoms with Crippen molar-refractivity contribution in [3.63, 3.8) is 0 Å². The van der Waals surface area contributed by atoms with Crippen LogP contribution in [0.2, 0.25) is 0 Å². The number of likely N-dealkylation sites (tertiary alicyclic amines) is 1. The number of alkyl carbamates (subject to hydrolysis) is 2. The molecule has 8 heteroatoms. The van der Waals surface area contributed by atoms with Crippen molar-refractivity contribution >= 4 is 18.3 Å². The van der Waals surface area contributed by atoms with Gasteiger partial charge in [-0.1, -0.05) is 30.3 Å². The van der Waals surface area contributed by atoms with Crippen LogP contribution in [0.1, 0.15) is 18.4 Å². The minimum absolute atomic E-state index is 0.131. The maximum Gasteiger partial charge on any atom is 0.418 e. The SMILES string of the molecule is O=C(NCCNC(=O)OC(=O)N1CCCC1)OCc1ccccc1. The van der Waals surface area contributed by atoms with Crippen molar-refractivity contribution in [3.05, 3.63) is 35.9 Å². The zero-order chi connectivity index (χ0) is 17.2. The second-order valence-electron chi connectivity index (χ2n) is 5.26. The Morgan fingerprint density at radius 1 is 0.958 bits per heavy atom. The van der Waals surface area contributed by atoms with Crippen LogP contribution >= 0.6 is 0 Å². The van der Waals surface area contributed by atoms with Crippen molar-refractivity contribution in [3.8, 4) is 0 Å². The van der Waals surface area contributed by atoms with E-state index in [9.17, 15) is 14.4 Å². The zero-order valence-corrected chi connectivity index (χ0v) is 13.3. The van der Waals surface area contributed by atoms with Crippen LogP contribution in [0.3, 0.4) is 0 Å². The summed E-state index contributed by atoms with van der Waals surface area (Å²) < 4.78 is 9.65. The standard InChI is InChI=1S/C16H21N3O5/c20-14(23-12-13-6-2-1-3-7-13)17-8-9-18-15(21)24-16(22)19-10-4-5-11-19/h1-3,6-7H,4-5,8-12H2,(H,17,20)(H,18,21). The highest BCUT2D eigenvalue weighted by Crippen LogP contribution is 2.08. The number of nitrogens with one attached hydrogen (secondary N) is 2. The smallest absolute Gasteiger partial charge is 0.418 e. The summed E-state index contributed by atoms with van der Waals surface area (Å²) in [5, 5.41) is 4.88. The van der Waals surface area contributed by atoms with E-state index in [2.05, 4.69) is 15.4 Å². The highest BCUT2D eigenvalue weighted by molar-refractivity contribution is 5.83. The summed E-state index contributed by atoms with van der Waals surface area (Å²) >= 11 is 0. The lowest BCUT2D eigenvalue weighted by atomic mass is 10.2. The fourth-order valence-electron chi connectivity index (χ4n) is 2.18. The molecule has 24 heavy (non-hydrogen) atoms. The Hall–Kier alpha value is -2.77. The fraction of sp³-hybridized carbons (Fsp3) is 0.438. The van der Waals surface area contributed by atoms with Crippen molar-refractivity contribution in [2.24, 2.45) is 0 Å². The van der Waals surface area contributed by atoms with Crippen molar-refractivity contribution < 1.29 is 23.9 Å². The van der Waals surface area contributed by atoms with Gasteiger partial charge in [0.25, 0.3) is 0 Å².